The molecule has 0 fully saturated rings. The van der Waals surface area contributed by atoms with Crippen LogP contribution >= 0.6 is 11.3 Å². The van der Waals surface area contributed by atoms with Crippen molar-refractivity contribution in [3.63, 3.8) is 0 Å². The number of hydrogen-bond donors (Lipinski definition) is 1. The molecule has 0 aliphatic rings. The summed E-state index contributed by atoms with van der Waals surface area (Å²) in [5.74, 6) is 0. The fourth-order valence-corrected chi connectivity index (χ4v) is 3.39. The van der Waals surface area contributed by atoms with Crippen LogP contribution < -0.4 is 5.32 Å². The minimum absolute atomic E-state index is 0.0688. The zero-order chi connectivity index (χ0) is 18.4. The largest absolute Gasteiger partial charge is 0.388 e. The predicted octanol–water partition coefficient (Wildman–Crippen LogP) is 5.80. The van der Waals surface area contributed by atoms with E-state index in [1.807, 2.05) is 49.7 Å². The van der Waals surface area contributed by atoms with Gasteiger partial charge in [0.05, 0.1) is 4.92 Å². The maximum Gasteiger partial charge on any atom is 0.269 e. The molecule has 130 valence electrons. The molecular formula is C20H22N2O2S. The highest BCUT2D eigenvalue weighted by atomic mass is 32.1. The average Bonchev–Trinajstić information content (AvgIpc) is 3.12. The van der Waals surface area contributed by atoms with Crippen LogP contribution in [0.25, 0.3) is 6.08 Å². The van der Waals surface area contributed by atoms with E-state index < -0.39 is 5.41 Å². The highest BCUT2D eigenvalue weighted by molar-refractivity contribution is 7.10. The predicted molar refractivity (Wildman–Crippen MR) is 107 cm³/mol. The Balaban J connectivity index is 2.51. The van der Waals surface area contributed by atoms with Crippen LogP contribution in [0.5, 0.6) is 0 Å². The lowest BCUT2D eigenvalue weighted by Gasteiger charge is -2.32. The second-order valence-corrected chi connectivity index (χ2v) is 6.92. The minimum Gasteiger partial charge on any atom is -0.388 e. The first-order valence-electron chi connectivity index (χ1n) is 7.91. The number of thiophene rings is 1. The summed E-state index contributed by atoms with van der Waals surface area (Å²) < 4.78 is 0. The van der Waals surface area contributed by atoms with Gasteiger partial charge in [0.15, 0.2) is 0 Å². The van der Waals surface area contributed by atoms with Gasteiger partial charge >= 0.3 is 0 Å². The zero-order valence-electron chi connectivity index (χ0n) is 14.5. The standard InChI is InChI=1S/C20H22N2O2S/c1-5-12-20(3,15(2)8-10-17-7-6-13-25-17)18-14-16(22(23)24)9-11-19(18)21-4/h5-11,13-14,21H,1-2,12H2,3-4H3/b10-8+. The van der Waals surface area contributed by atoms with Gasteiger partial charge in [-0.3, -0.25) is 10.1 Å². The van der Waals surface area contributed by atoms with Crippen LogP contribution in [0.2, 0.25) is 0 Å². The third-order valence-corrected chi connectivity index (χ3v) is 5.17. The fourth-order valence-electron chi connectivity index (χ4n) is 2.78. The van der Waals surface area contributed by atoms with E-state index in [-0.39, 0.29) is 10.6 Å². The van der Waals surface area contributed by atoms with Gasteiger partial charge in [-0.05, 0) is 41.1 Å². The Hall–Kier alpha value is -2.66. The first-order chi connectivity index (χ1) is 11.9. The molecule has 0 radical (unpaired) electrons. The summed E-state index contributed by atoms with van der Waals surface area (Å²) in [4.78, 5) is 12.0. The maximum atomic E-state index is 11.2. The zero-order valence-corrected chi connectivity index (χ0v) is 15.3. The van der Waals surface area contributed by atoms with Crippen molar-refractivity contribution in [1.82, 2.24) is 0 Å². The van der Waals surface area contributed by atoms with E-state index in [0.29, 0.717) is 6.42 Å². The van der Waals surface area contributed by atoms with Crippen molar-refractivity contribution in [1.29, 1.82) is 0 Å². The molecule has 0 aliphatic carbocycles. The van der Waals surface area contributed by atoms with Gasteiger partial charge in [-0.2, -0.15) is 0 Å². The van der Waals surface area contributed by atoms with Crippen LogP contribution in [0.3, 0.4) is 0 Å². The van der Waals surface area contributed by atoms with Gasteiger partial charge in [0.25, 0.3) is 5.69 Å². The number of benzene rings is 1. The van der Waals surface area contributed by atoms with Gasteiger partial charge < -0.3 is 5.32 Å². The molecule has 1 heterocycles. The number of nitrogens with one attached hydrogen (secondary N) is 1. The number of rotatable bonds is 8. The molecule has 0 saturated carbocycles. The normalized spacial score (nSPS) is 13.4. The van der Waals surface area contributed by atoms with E-state index in [1.54, 1.807) is 23.5 Å². The minimum atomic E-state index is -0.500. The number of nitro groups is 1. The molecule has 2 aromatic rings. The Kier molecular flexibility index (Phi) is 5.93. The molecule has 4 nitrogen and oxygen atoms in total. The lowest BCUT2D eigenvalue weighted by molar-refractivity contribution is -0.384. The van der Waals surface area contributed by atoms with Crippen LogP contribution in [0.4, 0.5) is 11.4 Å². The van der Waals surface area contributed by atoms with Gasteiger partial charge in [-0.25, -0.2) is 0 Å². The number of hydrogen-bond acceptors (Lipinski definition) is 4. The van der Waals surface area contributed by atoms with Gasteiger partial charge in [0.2, 0.25) is 0 Å². The number of nitrogens with zero attached hydrogens (tertiary/aromatic N) is 1. The molecule has 2 rings (SSSR count). The summed E-state index contributed by atoms with van der Waals surface area (Å²) in [7, 11) is 1.81. The second-order valence-electron chi connectivity index (χ2n) is 5.94. The SMILES string of the molecule is C=CCC(C)(C(=C)/C=C/c1cccs1)c1cc([N+](=O)[O-])ccc1NC. The van der Waals surface area contributed by atoms with Crippen molar-refractivity contribution in [2.45, 2.75) is 18.8 Å². The molecule has 1 aromatic heterocycles. The summed E-state index contributed by atoms with van der Waals surface area (Å²) in [6, 6.07) is 8.90. The van der Waals surface area contributed by atoms with Crippen molar-refractivity contribution in [2.75, 3.05) is 12.4 Å². The van der Waals surface area contributed by atoms with Crippen LogP contribution in [0.1, 0.15) is 23.8 Å². The molecule has 0 saturated heterocycles. The Bertz CT molecular complexity index is 809. The lowest BCUT2D eigenvalue weighted by Crippen LogP contribution is -2.24. The van der Waals surface area contributed by atoms with E-state index in [1.165, 1.54) is 6.07 Å². The summed E-state index contributed by atoms with van der Waals surface area (Å²) >= 11 is 1.65. The Morgan fingerprint density at radius 3 is 2.76 bits per heavy atom. The molecule has 1 aromatic carbocycles. The van der Waals surface area contributed by atoms with Crippen LogP contribution in [0.15, 0.2) is 66.6 Å². The number of non-ortho nitro benzene ring substituents is 1. The van der Waals surface area contributed by atoms with Crippen molar-refractivity contribution in [3.8, 4) is 0 Å². The monoisotopic (exact) mass is 354 g/mol. The van der Waals surface area contributed by atoms with Gasteiger partial charge in [0, 0.05) is 35.2 Å². The van der Waals surface area contributed by atoms with Crippen LogP contribution in [0, 0.1) is 10.1 Å². The van der Waals surface area contributed by atoms with Crippen LogP contribution in [-0.2, 0) is 5.41 Å². The van der Waals surface area contributed by atoms with E-state index in [0.717, 1.165) is 21.7 Å². The Morgan fingerprint density at radius 1 is 1.44 bits per heavy atom. The smallest absolute Gasteiger partial charge is 0.269 e. The summed E-state index contributed by atoms with van der Waals surface area (Å²) in [5.41, 5.74) is 2.13. The Labute approximate surface area is 152 Å². The highest BCUT2D eigenvalue weighted by Gasteiger charge is 2.31. The van der Waals surface area contributed by atoms with E-state index >= 15 is 0 Å². The van der Waals surface area contributed by atoms with E-state index in [4.69, 9.17) is 0 Å². The summed E-state index contributed by atoms with van der Waals surface area (Å²) in [6.07, 6.45) is 6.44. The van der Waals surface area contributed by atoms with Gasteiger partial charge in [0.1, 0.15) is 0 Å². The van der Waals surface area contributed by atoms with Gasteiger partial charge in [-0.1, -0.05) is 31.7 Å². The molecule has 0 aliphatic heterocycles. The molecule has 1 N–H and O–H groups in total. The topological polar surface area (TPSA) is 55.2 Å². The molecule has 25 heavy (non-hydrogen) atoms. The maximum absolute atomic E-state index is 11.2. The van der Waals surface area contributed by atoms with Crippen LogP contribution in [-0.4, -0.2) is 12.0 Å². The molecule has 1 unspecified atom stereocenters. The second kappa shape index (κ2) is 7.94. The lowest BCUT2D eigenvalue weighted by atomic mass is 9.72. The van der Waals surface area contributed by atoms with Crippen molar-refractivity contribution in [3.05, 3.63) is 87.1 Å². The van der Waals surface area contributed by atoms with Crippen molar-refractivity contribution < 1.29 is 4.92 Å². The highest BCUT2D eigenvalue weighted by Crippen LogP contribution is 2.41. The molecule has 0 spiro atoms. The summed E-state index contributed by atoms with van der Waals surface area (Å²) in [6.45, 7) is 10.1. The molecule has 0 bridgehead atoms. The van der Waals surface area contributed by atoms with Gasteiger partial charge in [-0.15, -0.1) is 17.9 Å². The number of allylic oxidation sites excluding steroid dienone is 3. The quantitative estimate of drug-likeness (QED) is 0.282. The Morgan fingerprint density at radius 2 is 2.20 bits per heavy atom. The number of anilines is 1. The molecule has 0 amide bonds. The van der Waals surface area contributed by atoms with E-state index in [2.05, 4.69) is 18.5 Å². The fraction of sp³-hybridized carbons (Fsp3) is 0.200. The molecular weight excluding hydrogens is 332 g/mol. The molecule has 5 heteroatoms. The first-order valence-corrected chi connectivity index (χ1v) is 8.79. The average molecular weight is 354 g/mol. The first kappa shape index (κ1) is 18.7. The van der Waals surface area contributed by atoms with Crippen molar-refractivity contribution >= 4 is 28.8 Å². The van der Waals surface area contributed by atoms with Crippen molar-refractivity contribution in [2.24, 2.45) is 0 Å². The van der Waals surface area contributed by atoms with E-state index in [9.17, 15) is 10.1 Å². The third kappa shape index (κ3) is 4.06. The number of nitro benzene ring substituents is 1. The molecule has 1 atom stereocenters. The summed E-state index contributed by atoms with van der Waals surface area (Å²) in [5, 5.41) is 16.4. The third-order valence-electron chi connectivity index (χ3n) is 4.33.